The van der Waals surface area contributed by atoms with Crippen molar-refractivity contribution in [1.29, 1.82) is 0 Å². The van der Waals surface area contributed by atoms with Crippen LogP contribution in [-0.2, 0) is 0 Å². The van der Waals surface area contributed by atoms with Crippen LogP contribution < -0.4 is 43.0 Å². The molecule has 0 aliphatic heterocycles. The van der Waals surface area contributed by atoms with Crippen LogP contribution in [0.2, 0.25) is 0 Å². The molecule has 10 N–H and O–H groups in total. The van der Waals surface area contributed by atoms with E-state index in [2.05, 4.69) is 16.4 Å². The minimum absolute atomic E-state index is 0.244. The van der Waals surface area contributed by atoms with Crippen molar-refractivity contribution in [3.63, 3.8) is 0 Å². The summed E-state index contributed by atoms with van der Waals surface area (Å²) >= 11 is 0. The zero-order valence-corrected chi connectivity index (χ0v) is 18.2. The number of anilines is 4. The molecule has 0 aliphatic rings. The molecule has 0 atom stereocenters. The van der Waals surface area contributed by atoms with Gasteiger partial charge in [0.25, 0.3) is 5.91 Å². The van der Waals surface area contributed by atoms with Gasteiger partial charge in [0.05, 0.1) is 48.1 Å². The van der Waals surface area contributed by atoms with Crippen molar-refractivity contribution in [2.75, 3.05) is 56.5 Å². The Bertz CT molecular complexity index is 889. The number of unbranched alkanes of at least 4 members (excludes halogenated alkanes) is 1. The maximum Gasteiger partial charge on any atom is 0.252 e. The number of nitrogens with one attached hydrogen (secondary N) is 2. The minimum Gasteiger partial charge on any atom is -0.494 e. The van der Waals surface area contributed by atoms with Gasteiger partial charge in [0, 0.05) is 13.1 Å². The Morgan fingerprint density at radius 3 is 1.84 bits per heavy atom. The van der Waals surface area contributed by atoms with Gasteiger partial charge in [0.2, 0.25) is 0 Å². The molecule has 10 nitrogen and oxygen atoms in total. The predicted molar refractivity (Wildman–Crippen MR) is 125 cm³/mol. The van der Waals surface area contributed by atoms with Crippen molar-refractivity contribution in [2.45, 2.75) is 12.8 Å². The van der Waals surface area contributed by atoms with Crippen molar-refractivity contribution >= 4 is 34.9 Å². The van der Waals surface area contributed by atoms with Gasteiger partial charge in [-0.2, -0.15) is 0 Å². The second-order valence-corrected chi connectivity index (χ2v) is 6.30. The minimum atomic E-state index is -0.594. The topological polar surface area (TPSA) is 181 Å². The first-order valence-electron chi connectivity index (χ1n) is 9.68. The largest absolute Gasteiger partial charge is 0.494 e. The first-order chi connectivity index (χ1) is 14.9. The first kappa shape index (κ1) is 25.4. The summed E-state index contributed by atoms with van der Waals surface area (Å²) in [7, 11) is 4.42. The number of methoxy groups -OCH3 is 2. The number of carbonyl (C=O) groups excluding carboxylic acids is 2. The van der Waals surface area contributed by atoms with Gasteiger partial charge in [-0.15, -0.1) is 0 Å². The highest BCUT2D eigenvalue weighted by Gasteiger charge is 2.15. The number of hydrogen-bond donors (Lipinski definition) is 6. The van der Waals surface area contributed by atoms with E-state index < -0.39 is 5.91 Å². The summed E-state index contributed by atoms with van der Waals surface area (Å²) in [4.78, 5) is 22.4. The molecule has 170 valence electrons. The Kier molecular flexibility index (Phi) is 10.5. The van der Waals surface area contributed by atoms with Gasteiger partial charge >= 0.3 is 0 Å². The van der Waals surface area contributed by atoms with Gasteiger partial charge in [0.1, 0.15) is 0 Å². The molecule has 10 heteroatoms. The third-order valence-electron chi connectivity index (χ3n) is 4.46. The number of amides is 1. The monoisotopic (exact) mass is 432 g/mol. The molecule has 0 bridgehead atoms. The lowest BCUT2D eigenvalue weighted by molar-refractivity contribution is 0.0997. The maximum absolute atomic E-state index is 11.4. The van der Waals surface area contributed by atoms with Crippen LogP contribution >= 0.6 is 0 Å². The van der Waals surface area contributed by atoms with Crippen LogP contribution in [0, 0.1) is 0 Å². The number of nitrogens with two attached hydrogens (primary N) is 4. The second kappa shape index (κ2) is 12.8. The third kappa shape index (κ3) is 6.41. The molecule has 2 aromatic rings. The molecule has 0 saturated carbocycles. The lowest BCUT2D eigenvalue weighted by atomic mass is 10.1. The Morgan fingerprint density at radius 2 is 1.39 bits per heavy atom. The molecule has 0 spiro atoms. The lowest BCUT2D eigenvalue weighted by Crippen LogP contribution is -2.15. The zero-order valence-electron chi connectivity index (χ0n) is 18.2. The lowest BCUT2D eigenvalue weighted by Gasteiger charge is -2.15. The van der Waals surface area contributed by atoms with Gasteiger partial charge in [-0.25, -0.2) is 0 Å². The molecule has 2 rings (SSSR count). The molecule has 0 radical (unpaired) electrons. The Hall–Kier alpha value is -3.66. The molecule has 0 fully saturated rings. The zero-order chi connectivity index (χ0) is 23.4. The predicted octanol–water partition coefficient (Wildman–Crippen LogP) is 1.66. The van der Waals surface area contributed by atoms with Crippen molar-refractivity contribution in [3.8, 4) is 11.5 Å². The fourth-order valence-corrected chi connectivity index (χ4v) is 2.95. The van der Waals surface area contributed by atoms with E-state index in [0.29, 0.717) is 47.8 Å². The van der Waals surface area contributed by atoms with Gasteiger partial charge in [-0.05, 0) is 44.2 Å². The summed E-state index contributed by atoms with van der Waals surface area (Å²) in [5.74, 6) is 0.0473. The number of rotatable bonds is 11. The summed E-state index contributed by atoms with van der Waals surface area (Å²) < 4.78 is 10.4. The molecule has 0 saturated heterocycles. The summed E-state index contributed by atoms with van der Waals surface area (Å²) in [5.41, 5.74) is 24.7. The first-order valence-corrected chi connectivity index (χ1v) is 9.68. The number of carbonyl (C=O) groups is 2. The molecular weight excluding hydrogens is 400 g/mol. The second-order valence-electron chi connectivity index (χ2n) is 6.30. The quantitative estimate of drug-likeness (QED) is 0.175. The van der Waals surface area contributed by atoms with E-state index in [1.807, 2.05) is 0 Å². The number of benzene rings is 2. The number of nitrogen functional groups attached to an aromatic ring is 2. The normalized spacial score (nSPS) is 9.81. The van der Waals surface area contributed by atoms with Gasteiger partial charge in [-0.3, -0.25) is 9.59 Å². The van der Waals surface area contributed by atoms with E-state index in [-0.39, 0.29) is 11.3 Å². The van der Waals surface area contributed by atoms with E-state index >= 15 is 0 Å². The summed E-state index contributed by atoms with van der Waals surface area (Å²) in [6, 6.07) is 6.71. The Balaban J connectivity index is 0.00000233. The van der Waals surface area contributed by atoms with E-state index in [0.717, 1.165) is 18.5 Å². The van der Waals surface area contributed by atoms with Crippen molar-refractivity contribution in [1.82, 2.24) is 0 Å². The Labute approximate surface area is 182 Å². The van der Waals surface area contributed by atoms with Crippen LogP contribution in [0.3, 0.4) is 0 Å². The highest BCUT2D eigenvalue weighted by molar-refractivity contribution is 5.99. The smallest absolute Gasteiger partial charge is 0.252 e. The standard InChI is InChI=1S/C20H27N5O4.CH5N/c1-28-18-12(11-26)5-7-14(16(18)21)24-9-3-4-10-25-15-8-6-13(20(23)27)19(29-2)17(15)22;1-2/h5-8,11,24-25H,3-4,9-10,21-22H2,1-2H3,(H2,23,27);2H2,1H3. The molecule has 0 heterocycles. The third-order valence-corrected chi connectivity index (χ3v) is 4.46. The maximum atomic E-state index is 11.4. The summed E-state index contributed by atoms with van der Waals surface area (Å²) in [6.07, 6.45) is 2.43. The van der Waals surface area contributed by atoms with E-state index in [4.69, 9.17) is 26.7 Å². The van der Waals surface area contributed by atoms with E-state index in [1.54, 1.807) is 24.3 Å². The van der Waals surface area contributed by atoms with Gasteiger partial charge in [-0.1, -0.05) is 0 Å². The molecule has 0 aliphatic carbocycles. The summed E-state index contributed by atoms with van der Waals surface area (Å²) in [6.45, 7) is 1.36. The Morgan fingerprint density at radius 1 is 0.903 bits per heavy atom. The molecule has 2 aromatic carbocycles. The van der Waals surface area contributed by atoms with Crippen molar-refractivity contribution < 1.29 is 19.1 Å². The molecule has 0 aromatic heterocycles. The SMILES string of the molecule is CN.COc1c(C=O)ccc(NCCCCNc2ccc(C(N)=O)c(OC)c2N)c1N. The highest BCUT2D eigenvalue weighted by atomic mass is 16.5. The highest BCUT2D eigenvalue weighted by Crippen LogP contribution is 2.33. The molecule has 31 heavy (non-hydrogen) atoms. The average Bonchev–Trinajstić information content (AvgIpc) is 2.78. The number of ether oxygens (including phenoxy) is 2. The fourth-order valence-electron chi connectivity index (χ4n) is 2.95. The van der Waals surface area contributed by atoms with Crippen molar-refractivity contribution in [2.24, 2.45) is 11.5 Å². The van der Waals surface area contributed by atoms with Crippen LogP contribution in [0.4, 0.5) is 22.7 Å². The number of hydrogen-bond acceptors (Lipinski definition) is 9. The van der Waals surface area contributed by atoms with E-state index in [9.17, 15) is 9.59 Å². The van der Waals surface area contributed by atoms with Crippen molar-refractivity contribution in [3.05, 3.63) is 35.4 Å². The van der Waals surface area contributed by atoms with Crippen LogP contribution in [0.1, 0.15) is 33.6 Å². The fraction of sp³-hybridized carbons (Fsp3) is 0.333. The average molecular weight is 433 g/mol. The van der Waals surface area contributed by atoms with Crippen LogP contribution in [0.15, 0.2) is 24.3 Å². The van der Waals surface area contributed by atoms with Gasteiger partial charge in [0.15, 0.2) is 17.8 Å². The van der Waals surface area contributed by atoms with Crippen LogP contribution in [0.25, 0.3) is 0 Å². The van der Waals surface area contributed by atoms with Crippen LogP contribution in [-0.4, -0.2) is 46.6 Å². The summed E-state index contributed by atoms with van der Waals surface area (Å²) in [5, 5.41) is 6.47. The number of aldehydes is 1. The van der Waals surface area contributed by atoms with Gasteiger partial charge < -0.3 is 43.0 Å². The van der Waals surface area contributed by atoms with Crippen LogP contribution in [0.5, 0.6) is 11.5 Å². The molecule has 0 unspecified atom stereocenters. The number of primary amides is 1. The van der Waals surface area contributed by atoms with E-state index in [1.165, 1.54) is 21.3 Å². The molecular formula is C21H32N6O4. The molecule has 1 amide bonds.